The van der Waals surface area contributed by atoms with Gasteiger partial charge in [-0.2, -0.15) is 0 Å². The van der Waals surface area contributed by atoms with E-state index in [1.165, 1.54) is 12.1 Å². The van der Waals surface area contributed by atoms with E-state index in [2.05, 4.69) is 10.3 Å². The van der Waals surface area contributed by atoms with Crippen molar-refractivity contribution >= 4 is 11.6 Å². The molecule has 3 aromatic rings. The lowest BCUT2D eigenvalue weighted by atomic mass is 10.2. The van der Waals surface area contributed by atoms with Gasteiger partial charge in [-0.25, -0.2) is 9.37 Å². The number of halogens is 1. The summed E-state index contributed by atoms with van der Waals surface area (Å²) < 4.78 is 18.6. The highest BCUT2D eigenvalue weighted by atomic mass is 19.1. The van der Waals surface area contributed by atoms with Gasteiger partial charge in [0, 0.05) is 44.7 Å². The number of carbonyl (C=O) groups excluding carboxylic acids is 1. The van der Waals surface area contributed by atoms with E-state index in [0.717, 1.165) is 16.8 Å². The fraction of sp³-hybridized carbons (Fsp3) is 0.238. The first-order valence-electron chi connectivity index (χ1n) is 8.75. The Morgan fingerprint density at radius 1 is 1.11 bits per heavy atom. The maximum atomic E-state index is 13.0. The van der Waals surface area contributed by atoms with Crippen molar-refractivity contribution < 1.29 is 13.6 Å². The molecule has 0 saturated carbocycles. The van der Waals surface area contributed by atoms with Gasteiger partial charge in [-0.1, -0.05) is 12.1 Å². The third-order valence-corrected chi connectivity index (χ3v) is 4.19. The Morgan fingerprint density at radius 2 is 1.81 bits per heavy atom. The van der Waals surface area contributed by atoms with Crippen molar-refractivity contribution in [3.05, 3.63) is 72.0 Å². The number of aryl methyl sites for hydroxylation is 1. The Bertz CT molecular complexity index is 887. The Balaban J connectivity index is 1.47. The maximum absolute atomic E-state index is 13.0. The summed E-state index contributed by atoms with van der Waals surface area (Å²) >= 11 is 0. The quantitative estimate of drug-likeness (QED) is 0.690. The molecule has 3 rings (SSSR count). The molecule has 0 fully saturated rings. The standard InChI is InChI=1S/C21H22FN3O2/c1-25(2)18-9-3-15(4-10-18)13-23-20(26)11-12-21-24-14-19(27-21)16-5-7-17(22)8-6-16/h3-10,14H,11-13H2,1-2H3,(H,23,26). The van der Waals surface area contributed by atoms with Gasteiger partial charge in [0.15, 0.2) is 11.7 Å². The number of amides is 1. The molecule has 6 heteroatoms. The fourth-order valence-corrected chi connectivity index (χ4v) is 2.59. The van der Waals surface area contributed by atoms with Crippen molar-refractivity contribution in [1.82, 2.24) is 10.3 Å². The molecule has 0 radical (unpaired) electrons. The minimum atomic E-state index is -0.300. The smallest absolute Gasteiger partial charge is 0.220 e. The molecule has 0 atom stereocenters. The summed E-state index contributed by atoms with van der Waals surface area (Å²) in [7, 11) is 3.97. The molecule has 0 aliphatic rings. The highest BCUT2D eigenvalue weighted by Crippen LogP contribution is 2.21. The predicted octanol–water partition coefficient (Wildman–Crippen LogP) is 3.80. The van der Waals surface area contributed by atoms with Gasteiger partial charge in [0.05, 0.1) is 6.20 Å². The number of aromatic nitrogens is 1. The van der Waals surface area contributed by atoms with Gasteiger partial charge in [0.25, 0.3) is 0 Å². The lowest BCUT2D eigenvalue weighted by molar-refractivity contribution is -0.121. The van der Waals surface area contributed by atoms with Crippen LogP contribution in [0.4, 0.5) is 10.1 Å². The van der Waals surface area contributed by atoms with Crippen molar-refractivity contribution in [3.8, 4) is 11.3 Å². The van der Waals surface area contributed by atoms with E-state index in [9.17, 15) is 9.18 Å². The van der Waals surface area contributed by atoms with Gasteiger partial charge >= 0.3 is 0 Å². The molecular formula is C21H22FN3O2. The van der Waals surface area contributed by atoms with Gasteiger partial charge in [0.1, 0.15) is 5.82 Å². The van der Waals surface area contributed by atoms with E-state index in [1.807, 2.05) is 43.3 Å². The second kappa shape index (κ2) is 8.49. The zero-order valence-corrected chi connectivity index (χ0v) is 15.4. The molecule has 1 aromatic heterocycles. The largest absolute Gasteiger partial charge is 0.441 e. The Kier molecular flexibility index (Phi) is 5.86. The molecule has 1 amide bonds. The lowest BCUT2D eigenvalue weighted by Gasteiger charge is -2.12. The lowest BCUT2D eigenvalue weighted by Crippen LogP contribution is -2.23. The van der Waals surface area contributed by atoms with Crippen molar-refractivity contribution in [2.75, 3.05) is 19.0 Å². The van der Waals surface area contributed by atoms with Crippen molar-refractivity contribution in [1.29, 1.82) is 0 Å². The number of hydrogen-bond acceptors (Lipinski definition) is 4. The van der Waals surface area contributed by atoms with E-state index in [-0.39, 0.29) is 11.7 Å². The minimum Gasteiger partial charge on any atom is -0.441 e. The highest BCUT2D eigenvalue weighted by molar-refractivity contribution is 5.76. The number of benzene rings is 2. The van der Waals surface area contributed by atoms with E-state index in [0.29, 0.717) is 31.0 Å². The zero-order valence-electron chi connectivity index (χ0n) is 15.4. The van der Waals surface area contributed by atoms with Crippen LogP contribution >= 0.6 is 0 Å². The third kappa shape index (κ3) is 5.17. The number of nitrogens with one attached hydrogen (secondary N) is 1. The molecule has 0 saturated heterocycles. The second-order valence-corrected chi connectivity index (χ2v) is 6.46. The SMILES string of the molecule is CN(C)c1ccc(CNC(=O)CCc2ncc(-c3ccc(F)cc3)o2)cc1. The molecule has 27 heavy (non-hydrogen) atoms. The molecule has 140 valence electrons. The first-order valence-corrected chi connectivity index (χ1v) is 8.75. The molecule has 1 heterocycles. The number of carbonyl (C=O) groups is 1. The van der Waals surface area contributed by atoms with Crippen LogP contribution in [0.15, 0.2) is 59.1 Å². The molecule has 5 nitrogen and oxygen atoms in total. The summed E-state index contributed by atoms with van der Waals surface area (Å²) in [6, 6.07) is 14.0. The topological polar surface area (TPSA) is 58.4 Å². The van der Waals surface area contributed by atoms with Crippen molar-refractivity contribution in [2.24, 2.45) is 0 Å². The number of anilines is 1. The van der Waals surface area contributed by atoms with E-state index < -0.39 is 0 Å². The number of hydrogen-bond donors (Lipinski definition) is 1. The first kappa shape index (κ1) is 18.6. The van der Waals surface area contributed by atoms with Gasteiger partial charge < -0.3 is 14.6 Å². The van der Waals surface area contributed by atoms with Crippen LogP contribution in [0.25, 0.3) is 11.3 Å². The molecule has 0 spiro atoms. The predicted molar refractivity (Wildman–Crippen MR) is 103 cm³/mol. The Morgan fingerprint density at radius 3 is 2.48 bits per heavy atom. The van der Waals surface area contributed by atoms with Crippen LogP contribution in [-0.4, -0.2) is 25.0 Å². The zero-order chi connectivity index (χ0) is 19.2. The molecule has 0 aliphatic carbocycles. The van der Waals surface area contributed by atoms with E-state index in [1.54, 1.807) is 18.3 Å². The van der Waals surface area contributed by atoms with Crippen LogP contribution in [0.3, 0.4) is 0 Å². The fourth-order valence-electron chi connectivity index (χ4n) is 2.59. The summed E-state index contributed by atoms with van der Waals surface area (Å²) in [5.74, 6) is 0.686. The number of nitrogens with zero attached hydrogens (tertiary/aromatic N) is 2. The molecule has 0 aliphatic heterocycles. The monoisotopic (exact) mass is 367 g/mol. The number of rotatable bonds is 7. The number of oxazole rings is 1. The van der Waals surface area contributed by atoms with Crippen LogP contribution in [0, 0.1) is 5.82 Å². The summed E-state index contributed by atoms with van der Waals surface area (Å²) in [4.78, 5) is 18.3. The molecule has 0 bridgehead atoms. The van der Waals surface area contributed by atoms with Gasteiger partial charge in [-0.05, 0) is 42.0 Å². The van der Waals surface area contributed by atoms with E-state index in [4.69, 9.17) is 4.42 Å². The van der Waals surface area contributed by atoms with Crippen LogP contribution in [-0.2, 0) is 17.8 Å². The van der Waals surface area contributed by atoms with Gasteiger partial charge in [-0.3, -0.25) is 4.79 Å². The summed E-state index contributed by atoms with van der Waals surface area (Å²) in [5.41, 5.74) is 2.91. The van der Waals surface area contributed by atoms with Crippen LogP contribution in [0.5, 0.6) is 0 Å². The van der Waals surface area contributed by atoms with Crippen molar-refractivity contribution in [2.45, 2.75) is 19.4 Å². The van der Waals surface area contributed by atoms with Crippen LogP contribution in [0.1, 0.15) is 17.9 Å². The van der Waals surface area contributed by atoms with Gasteiger partial charge in [-0.15, -0.1) is 0 Å². The summed E-state index contributed by atoms with van der Waals surface area (Å²) in [5, 5.41) is 2.90. The third-order valence-electron chi connectivity index (χ3n) is 4.19. The maximum Gasteiger partial charge on any atom is 0.220 e. The molecule has 2 aromatic carbocycles. The minimum absolute atomic E-state index is 0.0618. The van der Waals surface area contributed by atoms with Gasteiger partial charge in [0.2, 0.25) is 5.91 Å². The molecule has 0 unspecified atom stereocenters. The molecular weight excluding hydrogens is 345 g/mol. The Labute approximate surface area is 157 Å². The normalized spacial score (nSPS) is 10.6. The first-order chi connectivity index (χ1) is 13.0. The average Bonchev–Trinajstić information content (AvgIpc) is 3.14. The molecule has 1 N–H and O–H groups in total. The van der Waals surface area contributed by atoms with Crippen molar-refractivity contribution in [3.63, 3.8) is 0 Å². The Hall–Kier alpha value is -3.15. The second-order valence-electron chi connectivity index (χ2n) is 6.46. The van der Waals surface area contributed by atoms with E-state index >= 15 is 0 Å². The van der Waals surface area contributed by atoms with Crippen LogP contribution < -0.4 is 10.2 Å². The average molecular weight is 367 g/mol. The summed E-state index contributed by atoms with van der Waals surface area (Å²) in [6.07, 6.45) is 2.29. The summed E-state index contributed by atoms with van der Waals surface area (Å²) in [6.45, 7) is 0.485. The van der Waals surface area contributed by atoms with Crippen LogP contribution in [0.2, 0.25) is 0 Å². The highest BCUT2D eigenvalue weighted by Gasteiger charge is 2.09.